The molecule has 5 rings (SSSR count). The van der Waals surface area contributed by atoms with Crippen molar-refractivity contribution in [1.82, 2.24) is 14.6 Å². The average molecular weight is 510 g/mol. The summed E-state index contributed by atoms with van der Waals surface area (Å²) in [7, 11) is -4.07. The first-order valence-corrected chi connectivity index (χ1v) is 12.9. The summed E-state index contributed by atoms with van der Waals surface area (Å²) in [6, 6.07) is 15.3. The Balaban J connectivity index is 1.24. The van der Waals surface area contributed by atoms with Crippen LogP contribution in [0.4, 0.5) is 4.39 Å². The van der Waals surface area contributed by atoms with E-state index in [4.69, 9.17) is 9.15 Å². The van der Waals surface area contributed by atoms with E-state index >= 15 is 0 Å². The predicted octanol–water partition coefficient (Wildman–Crippen LogP) is 4.02. The highest BCUT2D eigenvalue weighted by Gasteiger charge is 2.41. The lowest BCUT2D eigenvalue weighted by molar-refractivity contribution is -0.124. The van der Waals surface area contributed by atoms with Gasteiger partial charge in [0.05, 0.1) is 0 Å². The highest BCUT2D eigenvalue weighted by atomic mass is 32.2. The SMILES string of the molecule is O=C(NCc1cccc(OCc2cccnc2)c1)C1CCCN1S(=O)(=O)c1cc2cc(F)ccc2o1. The summed E-state index contributed by atoms with van der Waals surface area (Å²) < 4.78 is 52.5. The zero-order valence-electron chi connectivity index (χ0n) is 19.3. The second kappa shape index (κ2) is 10.1. The lowest BCUT2D eigenvalue weighted by Gasteiger charge is -2.22. The van der Waals surface area contributed by atoms with Gasteiger partial charge < -0.3 is 14.5 Å². The molecule has 1 atom stereocenters. The molecule has 0 bridgehead atoms. The zero-order chi connectivity index (χ0) is 25.1. The van der Waals surface area contributed by atoms with Crippen LogP contribution < -0.4 is 10.1 Å². The Kier molecular flexibility index (Phi) is 6.71. The van der Waals surface area contributed by atoms with Gasteiger partial charge in [-0.15, -0.1) is 0 Å². The van der Waals surface area contributed by atoms with Gasteiger partial charge in [0, 0.05) is 42.5 Å². The van der Waals surface area contributed by atoms with E-state index in [1.54, 1.807) is 12.4 Å². The number of hydrogen-bond donors (Lipinski definition) is 1. The van der Waals surface area contributed by atoms with Crippen molar-refractivity contribution < 1.29 is 26.8 Å². The van der Waals surface area contributed by atoms with E-state index in [-0.39, 0.29) is 29.7 Å². The normalized spacial score (nSPS) is 16.3. The van der Waals surface area contributed by atoms with E-state index in [1.165, 1.54) is 24.3 Å². The number of halogens is 1. The molecule has 3 heterocycles. The van der Waals surface area contributed by atoms with Crippen LogP contribution in [0.3, 0.4) is 0 Å². The Labute approximate surface area is 207 Å². The standard InChI is InChI=1S/C26H24FN3O5S/c27-21-8-9-24-20(13-21)14-25(35-24)36(32,33)30-11-3-7-23(30)26(31)29-16-18-4-1-6-22(12-18)34-17-19-5-2-10-28-15-19/h1-2,4-6,8-10,12-15,23H,3,7,11,16-17H2,(H,29,31). The Morgan fingerprint density at radius 1 is 1.14 bits per heavy atom. The molecule has 0 saturated carbocycles. The second-order valence-electron chi connectivity index (χ2n) is 8.54. The van der Waals surface area contributed by atoms with E-state index in [1.807, 2.05) is 36.4 Å². The number of benzene rings is 2. The van der Waals surface area contributed by atoms with Gasteiger partial charge in [0.25, 0.3) is 10.0 Å². The topological polar surface area (TPSA) is 102 Å². The van der Waals surface area contributed by atoms with E-state index < -0.39 is 21.9 Å². The van der Waals surface area contributed by atoms with Crippen LogP contribution in [0.1, 0.15) is 24.0 Å². The first-order chi connectivity index (χ1) is 17.4. The number of hydrogen-bond acceptors (Lipinski definition) is 6. The molecule has 1 N–H and O–H groups in total. The maximum absolute atomic E-state index is 13.5. The molecule has 0 spiro atoms. The van der Waals surface area contributed by atoms with Crippen LogP contribution in [0.15, 0.2) is 82.6 Å². The molecular formula is C26H24FN3O5S. The summed E-state index contributed by atoms with van der Waals surface area (Å²) in [5, 5.41) is 2.88. The molecule has 1 fully saturated rings. The fourth-order valence-corrected chi connectivity index (χ4v) is 5.83. The molecule has 186 valence electrons. The van der Waals surface area contributed by atoms with E-state index in [2.05, 4.69) is 10.3 Å². The number of nitrogens with one attached hydrogen (secondary N) is 1. The molecular weight excluding hydrogens is 485 g/mol. The van der Waals surface area contributed by atoms with Gasteiger partial charge in [-0.25, -0.2) is 12.8 Å². The fraction of sp³-hybridized carbons (Fsp3) is 0.231. The maximum atomic E-state index is 13.5. The largest absolute Gasteiger partial charge is 0.489 e. The number of ether oxygens (including phenoxy) is 1. The summed E-state index contributed by atoms with van der Waals surface area (Å²) in [4.78, 5) is 17.0. The number of sulfonamides is 1. The summed E-state index contributed by atoms with van der Waals surface area (Å²) in [6.07, 6.45) is 4.37. The minimum atomic E-state index is -4.07. The number of fused-ring (bicyclic) bond motifs is 1. The zero-order valence-corrected chi connectivity index (χ0v) is 20.1. The summed E-state index contributed by atoms with van der Waals surface area (Å²) in [5.74, 6) is -0.228. The molecule has 10 heteroatoms. The minimum Gasteiger partial charge on any atom is -0.489 e. The highest BCUT2D eigenvalue weighted by Crippen LogP contribution is 2.30. The van der Waals surface area contributed by atoms with E-state index in [9.17, 15) is 17.6 Å². The van der Waals surface area contributed by atoms with Crippen LogP contribution in [0.2, 0.25) is 0 Å². The Hall–Kier alpha value is -3.76. The Morgan fingerprint density at radius 3 is 2.83 bits per heavy atom. The third-order valence-electron chi connectivity index (χ3n) is 6.02. The average Bonchev–Trinajstić information content (AvgIpc) is 3.55. The van der Waals surface area contributed by atoms with Crippen molar-refractivity contribution in [1.29, 1.82) is 0 Å². The van der Waals surface area contributed by atoms with Gasteiger partial charge in [-0.2, -0.15) is 4.31 Å². The van der Waals surface area contributed by atoms with Crippen molar-refractivity contribution in [3.8, 4) is 5.75 Å². The van der Waals surface area contributed by atoms with Gasteiger partial charge in [-0.1, -0.05) is 18.2 Å². The Bertz CT molecular complexity index is 1490. The van der Waals surface area contributed by atoms with Gasteiger partial charge in [0.15, 0.2) is 0 Å². The molecule has 4 aromatic rings. The molecule has 1 saturated heterocycles. The lowest BCUT2D eigenvalue weighted by atomic mass is 10.2. The van der Waals surface area contributed by atoms with Crippen molar-refractivity contribution in [3.63, 3.8) is 0 Å². The number of carbonyl (C=O) groups excluding carboxylic acids is 1. The monoisotopic (exact) mass is 509 g/mol. The van der Waals surface area contributed by atoms with Crippen molar-refractivity contribution in [2.24, 2.45) is 0 Å². The summed E-state index contributed by atoms with van der Waals surface area (Å²) in [5.41, 5.74) is 2.02. The third-order valence-corrected chi connectivity index (χ3v) is 7.78. The van der Waals surface area contributed by atoms with Gasteiger partial charge in [0.1, 0.15) is 29.8 Å². The predicted molar refractivity (Wildman–Crippen MR) is 130 cm³/mol. The number of furan rings is 1. The first kappa shape index (κ1) is 24.0. The van der Waals surface area contributed by atoms with Gasteiger partial charge in [0.2, 0.25) is 11.0 Å². The molecule has 8 nitrogen and oxygen atoms in total. The second-order valence-corrected chi connectivity index (χ2v) is 10.4. The number of rotatable bonds is 8. The van der Waals surface area contributed by atoms with E-state index in [0.717, 1.165) is 15.4 Å². The molecule has 36 heavy (non-hydrogen) atoms. The third kappa shape index (κ3) is 5.09. The Morgan fingerprint density at radius 2 is 2.00 bits per heavy atom. The number of amides is 1. The maximum Gasteiger partial charge on any atom is 0.277 e. The first-order valence-electron chi connectivity index (χ1n) is 11.5. The van der Waals surface area contributed by atoms with Crippen LogP contribution in [-0.2, 0) is 28.0 Å². The van der Waals surface area contributed by atoms with Crippen LogP contribution in [0, 0.1) is 5.82 Å². The highest BCUT2D eigenvalue weighted by molar-refractivity contribution is 7.89. The molecule has 0 radical (unpaired) electrons. The van der Waals surface area contributed by atoms with Crippen LogP contribution >= 0.6 is 0 Å². The van der Waals surface area contributed by atoms with E-state index in [0.29, 0.717) is 30.6 Å². The molecule has 2 aromatic heterocycles. The number of carbonyl (C=O) groups is 1. The number of nitrogens with zero attached hydrogens (tertiary/aromatic N) is 2. The molecule has 0 aliphatic carbocycles. The van der Waals surface area contributed by atoms with Crippen molar-refractivity contribution in [2.75, 3.05) is 6.54 Å². The molecule has 1 aliphatic rings. The van der Waals surface area contributed by atoms with Gasteiger partial charge in [-0.05, 0) is 54.8 Å². The smallest absolute Gasteiger partial charge is 0.277 e. The van der Waals surface area contributed by atoms with Gasteiger partial charge in [-0.3, -0.25) is 9.78 Å². The van der Waals surface area contributed by atoms with Crippen LogP contribution in [-0.4, -0.2) is 36.2 Å². The van der Waals surface area contributed by atoms with Crippen molar-refractivity contribution in [3.05, 3.63) is 90.0 Å². The fourth-order valence-electron chi connectivity index (χ4n) is 4.22. The number of pyridine rings is 1. The quantitative estimate of drug-likeness (QED) is 0.385. The van der Waals surface area contributed by atoms with Gasteiger partial charge >= 0.3 is 0 Å². The summed E-state index contributed by atoms with van der Waals surface area (Å²) >= 11 is 0. The molecule has 1 amide bonds. The van der Waals surface area contributed by atoms with Crippen LogP contribution in [0.5, 0.6) is 5.75 Å². The molecule has 1 aliphatic heterocycles. The summed E-state index contributed by atoms with van der Waals surface area (Å²) in [6.45, 7) is 0.785. The number of aromatic nitrogens is 1. The van der Waals surface area contributed by atoms with Crippen molar-refractivity contribution >= 4 is 26.9 Å². The molecule has 2 aromatic carbocycles. The lowest BCUT2D eigenvalue weighted by Crippen LogP contribution is -2.45. The minimum absolute atomic E-state index is 0.198. The van der Waals surface area contributed by atoms with Crippen LogP contribution in [0.25, 0.3) is 11.0 Å². The van der Waals surface area contributed by atoms with Crippen molar-refractivity contribution in [2.45, 2.75) is 37.1 Å². The molecule has 1 unspecified atom stereocenters.